The van der Waals surface area contributed by atoms with Crippen molar-refractivity contribution in [1.82, 2.24) is 14.9 Å². The number of hydrogen-bond donors (Lipinski definition) is 3. The molecule has 1 atom stereocenters. The van der Waals surface area contributed by atoms with Gasteiger partial charge in [0.15, 0.2) is 0 Å². The summed E-state index contributed by atoms with van der Waals surface area (Å²) in [5, 5.41) is 5.87. The largest absolute Gasteiger partial charge is 0.383 e. The van der Waals surface area contributed by atoms with Crippen molar-refractivity contribution < 1.29 is 8.42 Å². The Morgan fingerprint density at radius 2 is 2.43 bits per heavy atom. The van der Waals surface area contributed by atoms with Gasteiger partial charge >= 0.3 is 0 Å². The van der Waals surface area contributed by atoms with Crippen LogP contribution < -0.4 is 10.5 Å². The number of nitrogens with two attached hydrogens (primary N) is 1. The third kappa shape index (κ3) is 2.12. The topological polar surface area (TPSA) is 101 Å². The molecule has 0 saturated heterocycles. The van der Waals surface area contributed by atoms with Gasteiger partial charge in [0, 0.05) is 6.04 Å². The summed E-state index contributed by atoms with van der Waals surface area (Å²) in [6.45, 7) is 5.13. The van der Waals surface area contributed by atoms with E-state index in [1.165, 1.54) is 6.08 Å². The van der Waals surface area contributed by atoms with Gasteiger partial charge < -0.3 is 5.73 Å². The Morgan fingerprint density at radius 1 is 1.79 bits per heavy atom. The van der Waals surface area contributed by atoms with Crippen molar-refractivity contribution in [3.63, 3.8) is 0 Å². The number of rotatable bonds is 4. The predicted molar refractivity (Wildman–Crippen MR) is 53.0 cm³/mol. The Labute approximate surface area is 82.2 Å². The van der Waals surface area contributed by atoms with Crippen molar-refractivity contribution in [2.75, 3.05) is 5.73 Å². The maximum Gasteiger partial charge on any atom is 0.246 e. The molecule has 1 rings (SSSR count). The van der Waals surface area contributed by atoms with E-state index in [2.05, 4.69) is 21.5 Å². The normalized spacial score (nSPS) is 13.8. The van der Waals surface area contributed by atoms with Crippen LogP contribution in [0.2, 0.25) is 0 Å². The van der Waals surface area contributed by atoms with Crippen LogP contribution in [-0.2, 0) is 10.0 Å². The van der Waals surface area contributed by atoms with E-state index in [1.54, 1.807) is 6.92 Å². The summed E-state index contributed by atoms with van der Waals surface area (Å²) in [5.41, 5.74) is 5.38. The van der Waals surface area contributed by atoms with Crippen LogP contribution >= 0.6 is 0 Å². The van der Waals surface area contributed by atoms with Crippen molar-refractivity contribution in [1.29, 1.82) is 0 Å². The minimum absolute atomic E-state index is 0.0220. The highest BCUT2D eigenvalue weighted by Gasteiger charge is 2.20. The molecular formula is C7H12N4O2S. The smallest absolute Gasteiger partial charge is 0.246 e. The predicted octanol–water partition coefficient (Wildman–Crippen LogP) is -0.155. The Hall–Kier alpha value is -1.34. The molecule has 0 saturated carbocycles. The monoisotopic (exact) mass is 216 g/mol. The molecule has 0 aliphatic heterocycles. The Bertz CT molecular complexity index is 423. The molecule has 0 aromatic carbocycles. The Kier molecular flexibility index (Phi) is 2.92. The molecule has 1 heterocycles. The van der Waals surface area contributed by atoms with Gasteiger partial charge in [-0.15, -0.1) is 6.58 Å². The molecule has 4 N–H and O–H groups in total. The van der Waals surface area contributed by atoms with Crippen molar-refractivity contribution in [2.45, 2.75) is 17.9 Å². The number of H-pyrrole nitrogens is 1. The number of anilines is 1. The zero-order valence-electron chi connectivity index (χ0n) is 7.69. The third-order valence-electron chi connectivity index (χ3n) is 1.62. The highest BCUT2D eigenvalue weighted by Crippen LogP contribution is 2.13. The second-order valence-corrected chi connectivity index (χ2v) is 4.48. The van der Waals surface area contributed by atoms with Crippen LogP contribution in [0.5, 0.6) is 0 Å². The molecule has 0 radical (unpaired) electrons. The molecule has 0 fully saturated rings. The lowest BCUT2D eigenvalue weighted by atomic mass is 10.4. The number of aromatic amines is 1. The van der Waals surface area contributed by atoms with Gasteiger partial charge in [-0.05, 0) is 6.92 Å². The van der Waals surface area contributed by atoms with E-state index >= 15 is 0 Å². The average Bonchev–Trinajstić information content (AvgIpc) is 2.51. The first-order valence-corrected chi connectivity index (χ1v) is 5.39. The van der Waals surface area contributed by atoms with Crippen LogP contribution in [0.4, 0.5) is 5.82 Å². The van der Waals surface area contributed by atoms with Crippen molar-refractivity contribution in [3.05, 3.63) is 18.9 Å². The van der Waals surface area contributed by atoms with E-state index < -0.39 is 10.0 Å². The standard InChI is InChI=1S/C7H12N4O2S/c1-3-5(2)11-14(12,13)6-4-9-10-7(6)8/h3-5,11H,1H2,2H3,(H3,8,9,10). The molecule has 0 amide bonds. The highest BCUT2D eigenvalue weighted by atomic mass is 32.2. The van der Waals surface area contributed by atoms with Gasteiger partial charge in [-0.25, -0.2) is 13.1 Å². The molecule has 0 aliphatic rings. The summed E-state index contributed by atoms with van der Waals surface area (Å²) in [4.78, 5) is -0.0498. The number of sulfonamides is 1. The molecule has 0 aliphatic carbocycles. The summed E-state index contributed by atoms with van der Waals surface area (Å²) in [6, 6.07) is -0.353. The molecule has 7 heteroatoms. The highest BCUT2D eigenvalue weighted by molar-refractivity contribution is 7.89. The number of nitrogens with one attached hydrogen (secondary N) is 2. The van der Waals surface area contributed by atoms with Crippen LogP contribution in [0.25, 0.3) is 0 Å². The van der Waals surface area contributed by atoms with Gasteiger partial charge in [0.1, 0.15) is 10.7 Å². The lowest BCUT2D eigenvalue weighted by Crippen LogP contribution is -2.31. The number of nitrogens with zero attached hydrogens (tertiary/aromatic N) is 1. The Morgan fingerprint density at radius 3 is 2.86 bits per heavy atom. The number of nitrogen functional groups attached to an aromatic ring is 1. The van der Waals surface area contributed by atoms with Crippen LogP contribution in [0.15, 0.2) is 23.7 Å². The molecule has 78 valence electrons. The first kappa shape index (κ1) is 10.7. The fourth-order valence-electron chi connectivity index (χ4n) is 0.856. The minimum atomic E-state index is -3.60. The second kappa shape index (κ2) is 3.81. The van der Waals surface area contributed by atoms with Crippen molar-refractivity contribution >= 4 is 15.8 Å². The van der Waals surface area contributed by atoms with Crippen LogP contribution in [0, 0.1) is 0 Å². The average molecular weight is 216 g/mol. The third-order valence-corrected chi connectivity index (χ3v) is 3.20. The van der Waals surface area contributed by atoms with E-state index in [9.17, 15) is 8.42 Å². The molecule has 0 bridgehead atoms. The molecule has 14 heavy (non-hydrogen) atoms. The zero-order chi connectivity index (χ0) is 10.8. The quantitative estimate of drug-likeness (QED) is 0.609. The number of aromatic nitrogens is 2. The number of hydrogen-bond acceptors (Lipinski definition) is 4. The van der Waals surface area contributed by atoms with Crippen LogP contribution in [0.3, 0.4) is 0 Å². The lowest BCUT2D eigenvalue weighted by molar-refractivity contribution is 0.576. The molecule has 1 aromatic rings. The minimum Gasteiger partial charge on any atom is -0.383 e. The second-order valence-electron chi connectivity index (χ2n) is 2.79. The molecule has 6 nitrogen and oxygen atoms in total. The van der Waals surface area contributed by atoms with Gasteiger partial charge in [0.2, 0.25) is 10.0 Å². The van der Waals surface area contributed by atoms with Gasteiger partial charge in [0.05, 0.1) is 6.20 Å². The van der Waals surface area contributed by atoms with Gasteiger partial charge in [-0.1, -0.05) is 6.08 Å². The summed E-state index contributed by atoms with van der Waals surface area (Å²) < 4.78 is 25.5. The zero-order valence-corrected chi connectivity index (χ0v) is 8.50. The van der Waals surface area contributed by atoms with E-state index in [1.807, 2.05) is 0 Å². The molecule has 1 unspecified atom stereocenters. The lowest BCUT2D eigenvalue weighted by Gasteiger charge is -2.08. The van der Waals surface area contributed by atoms with Crippen LogP contribution in [-0.4, -0.2) is 24.7 Å². The van der Waals surface area contributed by atoms with Crippen molar-refractivity contribution in [3.8, 4) is 0 Å². The fraction of sp³-hybridized carbons (Fsp3) is 0.286. The summed E-state index contributed by atoms with van der Waals surface area (Å²) in [7, 11) is -3.60. The van der Waals surface area contributed by atoms with E-state index in [-0.39, 0.29) is 16.8 Å². The van der Waals surface area contributed by atoms with Gasteiger partial charge in [0.25, 0.3) is 0 Å². The molecule has 0 spiro atoms. The van der Waals surface area contributed by atoms with Crippen LogP contribution in [0.1, 0.15) is 6.92 Å². The summed E-state index contributed by atoms with van der Waals surface area (Å²) in [5.74, 6) is 0.0220. The summed E-state index contributed by atoms with van der Waals surface area (Å²) in [6.07, 6.45) is 2.64. The first-order chi connectivity index (χ1) is 6.47. The molecule has 1 aromatic heterocycles. The Balaban J connectivity index is 2.98. The fourth-order valence-corrected chi connectivity index (χ4v) is 2.09. The first-order valence-electron chi connectivity index (χ1n) is 3.91. The van der Waals surface area contributed by atoms with Gasteiger partial charge in [-0.2, -0.15) is 5.10 Å². The van der Waals surface area contributed by atoms with E-state index in [4.69, 9.17) is 5.73 Å². The van der Waals surface area contributed by atoms with E-state index in [0.717, 1.165) is 6.20 Å². The summed E-state index contributed by atoms with van der Waals surface area (Å²) >= 11 is 0. The maximum absolute atomic E-state index is 11.6. The molecular weight excluding hydrogens is 204 g/mol. The van der Waals surface area contributed by atoms with E-state index in [0.29, 0.717) is 0 Å². The van der Waals surface area contributed by atoms with Gasteiger partial charge in [-0.3, -0.25) is 5.10 Å². The SMILES string of the molecule is C=CC(C)NS(=O)(=O)c1cn[nH]c1N. The maximum atomic E-state index is 11.6. The van der Waals surface area contributed by atoms with Crippen molar-refractivity contribution in [2.24, 2.45) is 0 Å².